The fraction of sp³-hybridized carbons (Fsp3) is 0.400. The molecular weight excluding hydrogens is 246 g/mol. The Kier molecular flexibility index (Phi) is 6.29. The third kappa shape index (κ3) is 4.41. The average molecular weight is 262 g/mol. The number of nitriles is 1. The number of hydrogen-bond acceptors (Lipinski definition) is 2. The van der Waals surface area contributed by atoms with Crippen LogP contribution >= 0.6 is 11.6 Å². The van der Waals surface area contributed by atoms with Crippen LogP contribution in [0.2, 0.25) is 0 Å². The van der Waals surface area contributed by atoms with Crippen LogP contribution in [0.1, 0.15) is 31.2 Å². The van der Waals surface area contributed by atoms with E-state index in [1.54, 1.807) is 12.1 Å². The molecule has 94 valence electrons. The van der Waals surface area contributed by atoms with Crippen LogP contribution in [0.15, 0.2) is 30.3 Å². The summed E-state index contributed by atoms with van der Waals surface area (Å²) in [7, 11) is 0. The molecule has 0 spiro atoms. The third-order valence-corrected chi connectivity index (χ3v) is 2.88. The van der Waals surface area contributed by atoms with Crippen LogP contribution in [0.4, 0.5) is 0 Å². The first-order valence-electron chi connectivity index (χ1n) is 5.94. The maximum absolute atomic E-state index is 10.2. The van der Waals surface area contributed by atoms with Gasteiger partial charge in [-0.2, -0.15) is 5.26 Å². The van der Waals surface area contributed by atoms with Crippen molar-refractivity contribution in [1.82, 2.24) is 0 Å². The van der Waals surface area contributed by atoms with E-state index in [1.807, 2.05) is 24.3 Å². The monoisotopic (exact) mass is 261 g/mol. The van der Waals surface area contributed by atoms with Crippen molar-refractivity contribution in [2.24, 2.45) is 0 Å². The standard InChI is InChI=1S/C15H16ClNO/c16-12-8-3-1-2-7-11-15(18,13-17)14-9-5-4-6-10-14/h4-6,9-10,18H,3,7-8,11-12H2. The largest absolute Gasteiger partial charge is 0.371 e. The maximum atomic E-state index is 10.2. The number of nitrogens with zero attached hydrogens (tertiary/aromatic N) is 1. The van der Waals surface area contributed by atoms with Crippen LogP contribution < -0.4 is 0 Å². The van der Waals surface area contributed by atoms with Gasteiger partial charge in [0.05, 0.1) is 0 Å². The maximum Gasteiger partial charge on any atom is 0.177 e. The molecule has 0 heterocycles. The van der Waals surface area contributed by atoms with E-state index in [0.717, 1.165) is 12.8 Å². The van der Waals surface area contributed by atoms with Crippen LogP contribution in [-0.4, -0.2) is 11.0 Å². The van der Waals surface area contributed by atoms with E-state index in [4.69, 9.17) is 16.9 Å². The molecule has 18 heavy (non-hydrogen) atoms. The molecule has 0 aliphatic carbocycles. The first kappa shape index (κ1) is 14.6. The summed E-state index contributed by atoms with van der Waals surface area (Å²) < 4.78 is 0. The van der Waals surface area contributed by atoms with Crippen LogP contribution in [0.5, 0.6) is 0 Å². The zero-order valence-corrected chi connectivity index (χ0v) is 11.0. The van der Waals surface area contributed by atoms with Gasteiger partial charge in [0.2, 0.25) is 0 Å². The molecular formula is C15H16ClNO. The molecule has 0 radical (unpaired) electrons. The molecule has 0 saturated heterocycles. The van der Waals surface area contributed by atoms with E-state index in [2.05, 4.69) is 11.8 Å². The minimum atomic E-state index is -1.44. The highest BCUT2D eigenvalue weighted by Gasteiger charge is 2.27. The number of benzene rings is 1. The first-order chi connectivity index (χ1) is 8.73. The van der Waals surface area contributed by atoms with Crippen molar-refractivity contribution in [3.8, 4) is 17.9 Å². The van der Waals surface area contributed by atoms with Gasteiger partial charge in [0.15, 0.2) is 5.60 Å². The Hall–Kier alpha value is -1.48. The Balaban J connectivity index is 2.56. The normalized spacial score (nSPS) is 12.9. The second kappa shape index (κ2) is 7.77. The highest BCUT2D eigenvalue weighted by Crippen LogP contribution is 2.25. The van der Waals surface area contributed by atoms with Crippen LogP contribution in [-0.2, 0) is 5.60 Å². The molecule has 0 aliphatic heterocycles. The van der Waals surface area contributed by atoms with Gasteiger partial charge in [0.1, 0.15) is 6.07 Å². The highest BCUT2D eigenvalue weighted by molar-refractivity contribution is 6.17. The van der Waals surface area contributed by atoms with E-state index in [-0.39, 0.29) is 0 Å². The Bertz CT molecular complexity index is 455. The van der Waals surface area contributed by atoms with Gasteiger partial charge < -0.3 is 5.11 Å². The summed E-state index contributed by atoms with van der Waals surface area (Å²) in [4.78, 5) is 0. The van der Waals surface area contributed by atoms with Crippen molar-refractivity contribution in [3.63, 3.8) is 0 Å². The van der Waals surface area contributed by atoms with Gasteiger partial charge >= 0.3 is 0 Å². The molecule has 0 aromatic heterocycles. The molecule has 0 fully saturated rings. The summed E-state index contributed by atoms with van der Waals surface area (Å²) in [6, 6.07) is 10.9. The van der Waals surface area contributed by atoms with Gasteiger partial charge in [0.25, 0.3) is 0 Å². The Morgan fingerprint density at radius 2 is 1.83 bits per heavy atom. The molecule has 0 amide bonds. The molecule has 1 rings (SSSR count). The fourth-order valence-corrected chi connectivity index (χ4v) is 1.69. The summed E-state index contributed by atoms with van der Waals surface area (Å²) in [6.07, 6.45) is 2.46. The molecule has 3 heteroatoms. The van der Waals surface area contributed by atoms with Gasteiger partial charge in [0, 0.05) is 25.1 Å². The van der Waals surface area contributed by atoms with E-state index in [1.165, 1.54) is 0 Å². The minimum Gasteiger partial charge on any atom is -0.371 e. The number of halogens is 1. The number of hydrogen-bond donors (Lipinski definition) is 1. The lowest BCUT2D eigenvalue weighted by molar-refractivity contribution is 0.0896. The number of alkyl halides is 1. The summed E-state index contributed by atoms with van der Waals surface area (Å²) in [5.74, 6) is 6.55. The first-order valence-corrected chi connectivity index (χ1v) is 6.47. The smallest absolute Gasteiger partial charge is 0.177 e. The van der Waals surface area contributed by atoms with Gasteiger partial charge in [-0.25, -0.2) is 0 Å². The van der Waals surface area contributed by atoms with Crippen molar-refractivity contribution in [2.45, 2.75) is 31.3 Å². The predicted octanol–water partition coefficient (Wildman–Crippen LogP) is 3.20. The minimum absolute atomic E-state index is 0.321. The second-order valence-electron chi connectivity index (χ2n) is 3.98. The molecule has 1 unspecified atom stereocenters. The number of rotatable bonds is 5. The highest BCUT2D eigenvalue weighted by atomic mass is 35.5. The molecule has 0 aliphatic rings. The lowest BCUT2D eigenvalue weighted by Crippen LogP contribution is -2.22. The zero-order valence-electron chi connectivity index (χ0n) is 10.2. The summed E-state index contributed by atoms with van der Waals surface area (Å²) >= 11 is 5.54. The predicted molar refractivity (Wildman–Crippen MR) is 72.9 cm³/mol. The molecule has 1 N–H and O–H groups in total. The second-order valence-corrected chi connectivity index (χ2v) is 4.36. The van der Waals surface area contributed by atoms with Crippen LogP contribution in [0.25, 0.3) is 0 Å². The van der Waals surface area contributed by atoms with Crippen molar-refractivity contribution in [2.75, 3.05) is 5.88 Å². The van der Waals surface area contributed by atoms with Crippen molar-refractivity contribution in [1.29, 1.82) is 5.26 Å². The van der Waals surface area contributed by atoms with E-state index < -0.39 is 5.60 Å². The SMILES string of the molecule is N#CC(O)(CCC#CCCCCl)c1ccccc1. The van der Waals surface area contributed by atoms with Crippen LogP contribution in [0, 0.1) is 23.2 Å². The van der Waals surface area contributed by atoms with Gasteiger partial charge in [-0.05, 0) is 12.0 Å². The van der Waals surface area contributed by atoms with Gasteiger partial charge in [-0.15, -0.1) is 23.4 Å². The van der Waals surface area contributed by atoms with Crippen LogP contribution in [0.3, 0.4) is 0 Å². The Labute approximate surface area is 113 Å². The topological polar surface area (TPSA) is 44.0 Å². The summed E-state index contributed by atoms with van der Waals surface area (Å²) in [5.41, 5.74) is -0.822. The lowest BCUT2D eigenvalue weighted by atomic mass is 9.91. The van der Waals surface area contributed by atoms with Gasteiger partial charge in [-0.1, -0.05) is 30.3 Å². The van der Waals surface area contributed by atoms with Crippen molar-refractivity contribution >= 4 is 11.6 Å². The molecule has 0 bridgehead atoms. The van der Waals surface area contributed by atoms with Crippen molar-refractivity contribution < 1.29 is 5.11 Å². The number of aliphatic hydroxyl groups is 1. The Morgan fingerprint density at radius 3 is 2.44 bits per heavy atom. The molecule has 1 aromatic rings. The number of unbranched alkanes of at least 4 members (excludes halogenated alkanes) is 1. The van der Waals surface area contributed by atoms with E-state index in [0.29, 0.717) is 24.3 Å². The van der Waals surface area contributed by atoms with E-state index >= 15 is 0 Å². The quantitative estimate of drug-likeness (QED) is 0.383. The van der Waals surface area contributed by atoms with Crippen molar-refractivity contribution in [3.05, 3.63) is 35.9 Å². The molecule has 0 saturated carbocycles. The fourth-order valence-electron chi connectivity index (χ4n) is 1.55. The lowest BCUT2D eigenvalue weighted by Gasteiger charge is -2.19. The summed E-state index contributed by atoms with van der Waals surface area (Å²) in [5, 5.41) is 19.4. The average Bonchev–Trinajstić information content (AvgIpc) is 2.43. The third-order valence-electron chi connectivity index (χ3n) is 2.61. The summed E-state index contributed by atoms with van der Waals surface area (Å²) in [6.45, 7) is 0. The van der Waals surface area contributed by atoms with Gasteiger partial charge in [-0.3, -0.25) is 0 Å². The molecule has 1 aromatic carbocycles. The zero-order chi connectivity index (χ0) is 13.3. The molecule has 2 nitrogen and oxygen atoms in total. The van der Waals surface area contributed by atoms with E-state index in [9.17, 15) is 5.11 Å². The molecule has 1 atom stereocenters. The Morgan fingerprint density at radius 1 is 1.17 bits per heavy atom.